The molecule has 0 saturated carbocycles. The van der Waals surface area contributed by atoms with Gasteiger partial charge in [-0.3, -0.25) is 0 Å². The van der Waals surface area contributed by atoms with Gasteiger partial charge < -0.3 is 10.6 Å². The molecule has 1 aromatic heterocycles. The molecule has 4 heteroatoms. The predicted octanol–water partition coefficient (Wildman–Crippen LogP) is 3.65. The number of thiophene rings is 1. The van der Waals surface area contributed by atoms with E-state index in [1.54, 1.807) is 11.3 Å². The molecule has 0 saturated heterocycles. The van der Waals surface area contributed by atoms with E-state index in [0.29, 0.717) is 6.54 Å². The zero-order chi connectivity index (χ0) is 13.0. The zero-order valence-corrected chi connectivity index (χ0v) is 12.8. The second-order valence-electron chi connectivity index (χ2n) is 4.32. The van der Waals surface area contributed by atoms with E-state index < -0.39 is 0 Å². The van der Waals surface area contributed by atoms with Crippen LogP contribution in [0.25, 0.3) is 0 Å². The highest BCUT2D eigenvalue weighted by molar-refractivity contribution is 9.11. The standard InChI is InChI=1S/C14H17BrN2S/c1-17(9-12-8-14(15)18-10-12)13-4-2-11(3-5-13)6-7-16/h2-5,8,10H,6-7,9,16H2,1H3. The van der Waals surface area contributed by atoms with Crippen molar-refractivity contribution in [3.8, 4) is 0 Å². The van der Waals surface area contributed by atoms with Crippen molar-refractivity contribution in [1.82, 2.24) is 0 Å². The van der Waals surface area contributed by atoms with Crippen molar-refractivity contribution in [2.45, 2.75) is 13.0 Å². The molecule has 2 rings (SSSR count). The van der Waals surface area contributed by atoms with E-state index in [1.165, 1.54) is 20.6 Å². The maximum atomic E-state index is 5.55. The van der Waals surface area contributed by atoms with Crippen LogP contribution in [0, 0.1) is 0 Å². The Balaban J connectivity index is 2.02. The van der Waals surface area contributed by atoms with Gasteiger partial charge in [-0.15, -0.1) is 11.3 Å². The number of benzene rings is 1. The molecule has 2 nitrogen and oxygen atoms in total. The molecule has 0 unspecified atom stereocenters. The molecule has 2 aromatic rings. The smallest absolute Gasteiger partial charge is 0.0701 e. The van der Waals surface area contributed by atoms with E-state index in [-0.39, 0.29) is 0 Å². The summed E-state index contributed by atoms with van der Waals surface area (Å²) in [6.45, 7) is 1.64. The Kier molecular flexibility index (Phi) is 4.80. The number of hydrogen-bond donors (Lipinski definition) is 1. The van der Waals surface area contributed by atoms with Gasteiger partial charge in [0.15, 0.2) is 0 Å². The third-order valence-corrected chi connectivity index (χ3v) is 4.40. The summed E-state index contributed by atoms with van der Waals surface area (Å²) >= 11 is 5.22. The van der Waals surface area contributed by atoms with Gasteiger partial charge in [0.25, 0.3) is 0 Å². The van der Waals surface area contributed by atoms with Crippen molar-refractivity contribution in [3.63, 3.8) is 0 Å². The molecule has 0 bridgehead atoms. The van der Waals surface area contributed by atoms with Crippen LogP contribution in [0.1, 0.15) is 11.1 Å². The van der Waals surface area contributed by atoms with Crippen LogP contribution in [0.5, 0.6) is 0 Å². The van der Waals surface area contributed by atoms with Crippen LogP contribution in [0.3, 0.4) is 0 Å². The first kappa shape index (κ1) is 13.6. The third-order valence-electron chi connectivity index (χ3n) is 2.85. The lowest BCUT2D eigenvalue weighted by Crippen LogP contribution is -2.15. The molecular weight excluding hydrogens is 308 g/mol. The van der Waals surface area contributed by atoms with Crippen molar-refractivity contribution < 1.29 is 0 Å². The van der Waals surface area contributed by atoms with Crippen LogP contribution >= 0.6 is 27.3 Å². The van der Waals surface area contributed by atoms with Crippen LogP contribution in [0.2, 0.25) is 0 Å². The Morgan fingerprint density at radius 3 is 2.50 bits per heavy atom. The summed E-state index contributed by atoms with van der Waals surface area (Å²) in [6.07, 6.45) is 0.946. The van der Waals surface area contributed by atoms with Crippen molar-refractivity contribution in [2.75, 3.05) is 18.5 Å². The highest BCUT2D eigenvalue weighted by Gasteiger charge is 2.04. The zero-order valence-electron chi connectivity index (χ0n) is 10.4. The number of anilines is 1. The minimum Gasteiger partial charge on any atom is -0.370 e. The first-order chi connectivity index (χ1) is 8.69. The van der Waals surface area contributed by atoms with Crippen molar-refractivity contribution in [3.05, 3.63) is 50.6 Å². The van der Waals surface area contributed by atoms with Gasteiger partial charge in [0.1, 0.15) is 0 Å². The van der Waals surface area contributed by atoms with Crippen molar-refractivity contribution in [2.24, 2.45) is 5.73 Å². The summed E-state index contributed by atoms with van der Waals surface area (Å²) in [4.78, 5) is 2.25. The fourth-order valence-corrected chi connectivity index (χ4v) is 3.08. The van der Waals surface area contributed by atoms with E-state index in [4.69, 9.17) is 5.73 Å². The molecule has 0 aliphatic heterocycles. The summed E-state index contributed by atoms with van der Waals surface area (Å²) in [5.74, 6) is 0. The Morgan fingerprint density at radius 2 is 1.94 bits per heavy atom. The monoisotopic (exact) mass is 324 g/mol. The molecule has 0 amide bonds. The Hall–Kier alpha value is -0.840. The van der Waals surface area contributed by atoms with Crippen molar-refractivity contribution in [1.29, 1.82) is 0 Å². The molecule has 96 valence electrons. The Morgan fingerprint density at radius 1 is 1.22 bits per heavy atom. The van der Waals surface area contributed by atoms with E-state index in [9.17, 15) is 0 Å². The largest absolute Gasteiger partial charge is 0.370 e. The SMILES string of the molecule is CN(Cc1csc(Br)c1)c1ccc(CCN)cc1. The molecule has 2 N–H and O–H groups in total. The van der Waals surface area contributed by atoms with Gasteiger partial charge >= 0.3 is 0 Å². The molecule has 18 heavy (non-hydrogen) atoms. The van der Waals surface area contributed by atoms with E-state index in [1.807, 2.05) is 0 Å². The quantitative estimate of drug-likeness (QED) is 0.909. The molecule has 0 radical (unpaired) electrons. The maximum Gasteiger partial charge on any atom is 0.0701 e. The lowest BCUT2D eigenvalue weighted by molar-refractivity contribution is 0.923. The van der Waals surface area contributed by atoms with Gasteiger partial charge in [-0.25, -0.2) is 0 Å². The molecular formula is C14H17BrN2S. The second kappa shape index (κ2) is 6.36. The lowest BCUT2D eigenvalue weighted by Gasteiger charge is -2.19. The molecule has 1 heterocycles. The summed E-state index contributed by atoms with van der Waals surface area (Å²) in [6, 6.07) is 10.8. The van der Waals surface area contributed by atoms with Gasteiger partial charge in [0.05, 0.1) is 3.79 Å². The molecule has 0 fully saturated rings. The van der Waals surface area contributed by atoms with Crippen LogP contribution in [0.4, 0.5) is 5.69 Å². The van der Waals surface area contributed by atoms with Gasteiger partial charge in [-0.05, 0) is 63.6 Å². The average Bonchev–Trinajstić information content (AvgIpc) is 2.76. The van der Waals surface area contributed by atoms with Crippen molar-refractivity contribution >= 4 is 33.0 Å². The number of rotatable bonds is 5. The van der Waals surface area contributed by atoms with E-state index in [0.717, 1.165) is 13.0 Å². The fourth-order valence-electron chi connectivity index (χ4n) is 1.88. The van der Waals surface area contributed by atoms with Gasteiger partial charge in [-0.2, -0.15) is 0 Å². The van der Waals surface area contributed by atoms with Crippen LogP contribution in [-0.2, 0) is 13.0 Å². The highest BCUT2D eigenvalue weighted by atomic mass is 79.9. The Labute approximate surface area is 121 Å². The molecule has 0 spiro atoms. The van der Waals surface area contributed by atoms with Gasteiger partial charge in [0.2, 0.25) is 0 Å². The summed E-state index contributed by atoms with van der Waals surface area (Å²) in [7, 11) is 2.11. The minimum atomic E-state index is 0.706. The lowest BCUT2D eigenvalue weighted by atomic mass is 10.1. The topological polar surface area (TPSA) is 29.3 Å². The molecule has 0 aliphatic carbocycles. The summed E-state index contributed by atoms with van der Waals surface area (Å²) in [5, 5.41) is 2.18. The second-order valence-corrected chi connectivity index (χ2v) is 6.61. The molecule has 0 atom stereocenters. The number of nitrogens with zero attached hydrogens (tertiary/aromatic N) is 1. The predicted molar refractivity (Wildman–Crippen MR) is 83.3 cm³/mol. The first-order valence-electron chi connectivity index (χ1n) is 5.92. The number of hydrogen-bond acceptors (Lipinski definition) is 3. The average molecular weight is 325 g/mol. The van der Waals surface area contributed by atoms with Crippen LogP contribution in [0.15, 0.2) is 39.5 Å². The maximum absolute atomic E-state index is 5.55. The first-order valence-corrected chi connectivity index (χ1v) is 7.59. The molecule has 1 aromatic carbocycles. The highest BCUT2D eigenvalue weighted by Crippen LogP contribution is 2.23. The van der Waals surface area contributed by atoms with Crippen LogP contribution < -0.4 is 10.6 Å². The van der Waals surface area contributed by atoms with Gasteiger partial charge in [-0.1, -0.05) is 12.1 Å². The van der Waals surface area contributed by atoms with E-state index >= 15 is 0 Å². The summed E-state index contributed by atoms with van der Waals surface area (Å²) in [5.41, 5.74) is 9.42. The summed E-state index contributed by atoms with van der Waals surface area (Å²) < 4.78 is 1.18. The molecule has 0 aliphatic rings. The normalized spacial score (nSPS) is 10.6. The third kappa shape index (κ3) is 3.57. The van der Waals surface area contributed by atoms with Gasteiger partial charge in [0, 0.05) is 19.3 Å². The minimum absolute atomic E-state index is 0.706. The Bertz CT molecular complexity index is 493. The number of nitrogens with two attached hydrogens (primary N) is 1. The number of halogens is 1. The van der Waals surface area contributed by atoms with Crippen LogP contribution in [-0.4, -0.2) is 13.6 Å². The fraction of sp³-hybridized carbons (Fsp3) is 0.286. The van der Waals surface area contributed by atoms with E-state index in [2.05, 4.69) is 63.6 Å².